The van der Waals surface area contributed by atoms with Crippen LogP contribution >= 0.6 is 0 Å². The van der Waals surface area contributed by atoms with Gasteiger partial charge in [0, 0.05) is 16.6 Å². The van der Waals surface area contributed by atoms with Gasteiger partial charge in [-0.05, 0) is 71.6 Å². The largest absolute Gasteiger partial charge is 0.358 e. The topological polar surface area (TPSA) is 15.8 Å². The molecule has 1 heteroatoms. The number of aromatic nitrogens is 1. The Labute approximate surface area is 118 Å². The summed E-state index contributed by atoms with van der Waals surface area (Å²) in [5.41, 5.74) is 5.22. The molecule has 3 aromatic carbocycles. The van der Waals surface area contributed by atoms with Crippen molar-refractivity contribution in [1.82, 2.24) is 4.98 Å². The molecule has 0 spiro atoms. The number of nitrogens with one attached hydrogen (secondary N) is 1. The van der Waals surface area contributed by atoms with E-state index < -0.39 is 0 Å². The Morgan fingerprint density at radius 3 is 2.35 bits per heavy atom. The van der Waals surface area contributed by atoms with E-state index in [2.05, 4.69) is 68.2 Å². The summed E-state index contributed by atoms with van der Waals surface area (Å²) in [6, 6.07) is 15.5. The minimum Gasteiger partial charge on any atom is -0.358 e. The highest BCUT2D eigenvalue weighted by Gasteiger charge is 2.09. The third kappa shape index (κ3) is 1.44. The normalized spacial score (nSPS) is 11.8. The van der Waals surface area contributed by atoms with Crippen molar-refractivity contribution in [2.45, 2.75) is 20.8 Å². The van der Waals surface area contributed by atoms with E-state index in [9.17, 15) is 0 Å². The molecule has 1 aromatic heterocycles. The first-order valence-electron chi connectivity index (χ1n) is 7.06. The number of aryl methyl sites for hydroxylation is 2. The van der Waals surface area contributed by atoms with Crippen LogP contribution in [0.15, 0.2) is 42.5 Å². The molecule has 0 saturated carbocycles. The Hall–Kier alpha value is -2.28. The highest BCUT2D eigenvalue weighted by Crippen LogP contribution is 2.33. The van der Waals surface area contributed by atoms with Crippen LogP contribution in [-0.4, -0.2) is 4.98 Å². The molecular formula is C19H17N. The molecule has 0 radical (unpaired) electrons. The van der Waals surface area contributed by atoms with Crippen molar-refractivity contribution in [1.29, 1.82) is 0 Å². The van der Waals surface area contributed by atoms with Crippen LogP contribution < -0.4 is 0 Å². The van der Waals surface area contributed by atoms with Gasteiger partial charge in [0.05, 0.1) is 0 Å². The molecule has 0 amide bonds. The Morgan fingerprint density at radius 1 is 0.700 bits per heavy atom. The fraction of sp³-hybridized carbons (Fsp3) is 0.158. The molecule has 20 heavy (non-hydrogen) atoms. The lowest BCUT2D eigenvalue weighted by atomic mass is 10.0. The highest BCUT2D eigenvalue weighted by molar-refractivity contribution is 6.15. The van der Waals surface area contributed by atoms with Crippen molar-refractivity contribution in [3.05, 3.63) is 59.3 Å². The molecule has 1 heterocycles. The minimum absolute atomic E-state index is 1.23. The van der Waals surface area contributed by atoms with Gasteiger partial charge in [-0.1, -0.05) is 24.3 Å². The monoisotopic (exact) mass is 259 g/mol. The summed E-state index contributed by atoms with van der Waals surface area (Å²) in [5, 5.41) is 6.67. The summed E-state index contributed by atoms with van der Waals surface area (Å²) >= 11 is 0. The average Bonchev–Trinajstić information content (AvgIpc) is 2.81. The molecule has 1 N–H and O–H groups in total. The summed E-state index contributed by atoms with van der Waals surface area (Å²) in [4.78, 5) is 3.54. The second-order valence-corrected chi connectivity index (χ2v) is 5.72. The van der Waals surface area contributed by atoms with Gasteiger partial charge in [0.1, 0.15) is 0 Å². The predicted octanol–water partition coefficient (Wildman–Crippen LogP) is 5.40. The van der Waals surface area contributed by atoms with Gasteiger partial charge in [0.25, 0.3) is 0 Å². The lowest BCUT2D eigenvalue weighted by molar-refractivity contribution is 1.17. The maximum absolute atomic E-state index is 3.54. The fourth-order valence-corrected chi connectivity index (χ4v) is 3.20. The number of aromatic amines is 1. The first-order valence-corrected chi connectivity index (χ1v) is 7.06. The lowest BCUT2D eigenvalue weighted by Crippen LogP contribution is -1.93. The Morgan fingerprint density at radius 2 is 1.50 bits per heavy atom. The van der Waals surface area contributed by atoms with Crippen molar-refractivity contribution in [2.75, 3.05) is 0 Å². The first-order chi connectivity index (χ1) is 9.65. The van der Waals surface area contributed by atoms with Gasteiger partial charge in [-0.3, -0.25) is 0 Å². The van der Waals surface area contributed by atoms with E-state index in [-0.39, 0.29) is 0 Å². The first kappa shape index (κ1) is 11.5. The number of H-pyrrole nitrogens is 1. The van der Waals surface area contributed by atoms with E-state index >= 15 is 0 Å². The average molecular weight is 259 g/mol. The molecule has 0 aliphatic heterocycles. The fourth-order valence-electron chi connectivity index (χ4n) is 3.20. The van der Waals surface area contributed by atoms with Gasteiger partial charge < -0.3 is 4.98 Å². The SMILES string of the molecule is Cc1[nH]c2cc3cc4ccccc4c3cc2c(C)c1C. The molecule has 1 nitrogen and oxygen atoms in total. The van der Waals surface area contributed by atoms with E-state index in [1.165, 1.54) is 49.3 Å². The number of hydrogen-bond acceptors (Lipinski definition) is 0. The Balaban J connectivity index is 2.25. The van der Waals surface area contributed by atoms with E-state index in [0.717, 1.165) is 0 Å². The van der Waals surface area contributed by atoms with Crippen LogP contribution in [0.4, 0.5) is 0 Å². The van der Waals surface area contributed by atoms with Crippen molar-refractivity contribution < 1.29 is 0 Å². The van der Waals surface area contributed by atoms with E-state index in [1.54, 1.807) is 0 Å². The predicted molar refractivity (Wildman–Crippen MR) is 87.5 cm³/mol. The van der Waals surface area contributed by atoms with Crippen LogP contribution in [0.5, 0.6) is 0 Å². The van der Waals surface area contributed by atoms with Crippen LogP contribution in [0, 0.1) is 20.8 Å². The number of pyridine rings is 1. The smallest absolute Gasteiger partial charge is 0.0464 e. The quantitative estimate of drug-likeness (QED) is 0.435. The molecule has 0 aliphatic carbocycles. The zero-order chi connectivity index (χ0) is 13.9. The van der Waals surface area contributed by atoms with Crippen molar-refractivity contribution in [2.24, 2.45) is 0 Å². The summed E-state index contributed by atoms with van der Waals surface area (Å²) in [7, 11) is 0. The maximum Gasteiger partial charge on any atom is 0.0464 e. The molecule has 0 unspecified atom stereocenters. The van der Waals surface area contributed by atoms with Gasteiger partial charge in [0.2, 0.25) is 0 Å². The number of fused-ring (bicyclic) bond motifs is 4. The summed E-state index contributed by atoms with van der Waals surface area (Å²) in [5.74, 6) is 0. The van der Waals surface area contributed by atoms with Gasteiger partial charge in [-0.25, -0.2) is 0 Å². The molecule has 4 rings (SSSR count). The zero-order valence-electron chi connectivity index (χ0n) is 12.0. The third-order valence-electron chi connectivity index (χ3n) is 4.60. The van der Waals surface area contributed by atoms with Gasteiger partial charge in [-0.15, -0.1) is 0 Å². The van der Waals surface area contributed by atoms with Crippen LogP contribution in [0.1, 0.15) is 16.8 Å². The summed E-state index contributed by atoms with van der Waals surface area (Å²) in [6.45, 7) is 6.55. The number of hydrogen-bond donors (Lipinski definition) is 1. The standard InChI is InChI=1S/C19H17N/c1-11-12(2)17-10-18-15(9-19(17)20-13(11)3)8-14-6-4-5-7-16(14)18/h4-10,20H,1-3H3. The van der Waals surface area contributed by atoms with Gasteiger partial charge in [0.15, 0.2) is 0 Å². The minimum atomic E-state index is 1.23. The molecule has 98 valence electrons. The van der Waals surface area contributed by atoms with Crippen LogP contribution in [-0.2, 0) is 0 Å². The third-order valence-corrected chi connectivity index (χ3v) is 4.60. The van der Waals surface area contributed by atoms with Crippen molar-refractivity contribution >= 4 is 32.4 Å². The second-order valence-electron chi connectivity index (χ2n) is 5.72. The highest BCUT2D eigenvalue weighted by atomic mass is 14.7. The van der Waals surface area contributed by atoms with Crippen LogP contribution in [0.25, 0.3) is 32.4 Å². The van der Waals surface area contributed by atoms with E-state index in [1.807, 2.05) is 0 Å². The zero-order valence-corrected chi connectivity index (χ0v) is 12.0. The number of rotatable bonds is 0. The van der Waals surface area contributed by atoms with Crippen molar-refractivity contribution in [3.8, 4) is 0 Å². The molecule has 0 fully saturated rings. The van der Waals surface area contributed by atoms with Gasteiger partial charge in [-0.2, -0.15) is 0 Å². The second kappa shape index (κ2) is 3.86. The maximum atomic E-state index is 3.54. The molecule has 0 saturated heterocycles. The molecule has 0 atom stereocenters. The molecule has 4 aromatic rings. The van der Waals surface area contributed by atoms with Gasteiger partial charge >= 0.3 is 0 Å². The van der Waals surface area contributed by atoms with Crippen LogP contribution in [0.2, 0.25) is 0 Å². The van der Waals surface area contributed by atoms with E-state index in [4.69, 9.17) is 0 Å². The summed E-state index contributed by atoms with van der Waals surface area (Å²) in [6.07, 6.45) is 0. The Bertz CT molecular complexity index is 973. The molecule has 0 bridgehead atoms. The van der Waals surface area contributed by atoms with Crippen LogP contribution in [0.3, 0.4) is 0 Å². The molecular weight excluding hydrogens is 242 g/mol. The van der Waals surface area contributed by atoms with Crippen molar-refractivity contribution in [3.63, 3.8) is 0 Å². The molecule has 0 aliphatic rings. The lowest BCUT2D eigenvalue weighted by Gasteiger charge is -2.10. The summed E-state index contributed by atoms with van der Waals surface area (Å²) < 4.78 is 0. The Kier molecular flexibility index (Phi) is 2.23. The van der Waals surface area contributed by atoms with E-state index in [0.29, 0.717) is 0 Å². The number of benzene rings is 2.